The molecule has 0 saturated carbocycles. The number of nitrogens with one attached hydrogen (secondary N) is 2. The van der Waals surface area contributed by atoms with Gasteiger partial charge in [0.25, 0.3) is 11.8 Å². The quantitative estimate of drug-likeness (QED) is 0.745. The molecule has 2 amide bonds. The molecule has 0 unspecified atom stereocenters. The molecular formula is C16H20N2O4S. The summed E-state index contributed by atoms with van der Waals surface area (Å²) in [6.07, 6.45) is 0.731. The molecule has 0 spiro atoms. The molecule has 0 radical (unpaired) electrons. The van der Waals surface area contributed by atoms with Gasteiger partial charge in [-0.25, -0.2) is 0 Å². The highest BCUT2D eigenvalue weighted by atomic mass is 32.2. The van der Waals surface area contributed by atoms with E-state index >= 15 is 0 Å². The first-order chi connectivity index (χ1) is 11.2. The molecule has 0 fully saturated rings. The highest BCUT2D eigenvalue weighted by Gasteiger charge is 2.17. The monoisotopic (exact) mass is 336 g/mol. The molecule has 1 aliphatic rings. The van der Waals surface area contributed by atoms with Crippen LogP contribution >= 0.6 is 11.8 Å². The van der Waals surface area contributed by atoms with Gasteiger partial charge in [-0.15, -0.1) is 11.8 Å². The van der Waals surface area contributed by atoms with Crippen LogP contribution in [0.5, 0.6) is 0 Å². The predicted octanol–water partition coefficient (Wildman–Crippen LogP) is 2.00. The number of anilines is 1. The second-order valence-electron chi connectivity index (χ2n) is 4.80. The van der Waals surface area contributed by atoms with Gasteiger partial charge in [-0.1, -0.05) is 12.1 Å². The molecule has 0 saturated heterocycles. The Morgan fingerprint density at radius 2 is 2.13 bits per heavy atom. The second-order valence-corrected chi connectivity index (χ2v) is 5.78. The van der Waals surface area contributed by atoms with Gasteiger partial charge in [-0.2, -0.15) is 0 Å². The number of amides is 2. The Balaban J connectivity index is 2.00. The van der Waals surface area contributed by atoms with Gasteiger partial charge in [-0.05, 0) is 18.6 Å². The van der Waals surface area contributed by atoms with Gasteiger partial charge in [0.15, 0.2) is 5.76 Å². The summed E-state index contributed by atoms with van der Waals surface area (Å²) in [5, 5.41) is 7.23. The van der Waals surface area contributed by atoms with E-state index in [4.69, 9.17) is 9.47 Å². The Morgan fingerprint density at radius 1 is 1.30 bits per heavy atom. The van der Waals surface area contributed by atoms with Crippen LogP contribution in [0.3, 0.4) is 0 Å². The van der Waals surface area contributed by atoms with E-state index in [1.165, 1.54) is 11.8 Å². The molecule has 0 aromatic heterocycles. The van der Waals surface area contributed by atoms with Crippen LogP contribution < -0.4 is 10.6 Å². The molecule has 1 aliphatic heterocycles. The Kier molecular flexibility index (Phi) is 6.96. The third-order valence-corrected chi connectivity index (χ3v) is 3.89. The number of para-hydroxylation sites is 1. The number of carbonyl (C=O) groups excluding carboxylic acids is 2. The number of carbonyl (C=O) groups is 2. The largest absolute Gasteiger partial charge is 0.487 e. The van der Waals surface area contributed by atoms with E-state index in [-0.39, 0.29) is 17.6 Å². The van der Waals surface area contributed by atoms with Crippen molar-refractivity contribution >= 4 is 29.3 Å². The Morgan fingerprint density at radius 3 is 2.87 bits per heavy atom. The summed E-state index contributed by atoms with van der Waals surface area (Å²) in [4.78, 5) is 24.4. The maximum Gasteiger partial charge on any atom is 0.291 e. The minimum absolute atomic E-state index is 0.232. The van der Waals surface area contributed by atoms with Gasteiger partial charge < -0.3 is 20.1 Å². The van der Waals surface area contributed by atoms with Crippen LogP contribution in [0.15, 0.2) is 35.4 Å². The molecule has 1 aromatic carbocycles. The predicted molar refractivity (Wildman–Crippen MR) is 90.4 cm³/mol. The lowest BCUT2D eigenvalue weighted by Gasteiger charge is -2.15. The Bertz CT molecular complexity index is 589. The third-order valence-electron chi connectivity index (χ3n) is 3.10. The topological polar surface area (TPSA) is 76.7 Å². The molecule has 0 bridgehead atoms. The lowest BCUT2D eigenvalue weighted by molar-refractivity contribution is -0.116. The van der Waals surface area contributed by atoms with E-state index in [0.717, 1.165) is 12.2 Å². The van der Waals surface area contributed by atoms with E-state index in [1.54, 1.807) is 36.8 Å². The van der Waals surface area contributed by atoms with Crippen molar-refractivity contribution < 1.29 is 19.1 Å². The highest BCUT2D eigenvalue weighted by molar-refractivity contribution is 8.02. The van der Waals surface area contributed by atoms with Gasteiger partial charge in [0.1, 0.15) is 0 Å². The molecule has 1 aromatic rings. The van der Waals surface area contributed by atoms with Crippen LogP contribution in [-0.4, -0.2) is 44.4 Å². The summed E-state index contributed by atoms with van der Waals surface area (Å²) in [5.74, 6) is 0.523. The summed E-state index contributed by atoms with van der Waals surface area (Å²) in [6.45, 7) is 1.60. The first-order valence-corrected chi connectivity index (χ1v) is 8.39. The lowest BCUT2D eigenvalue weighted by Crippen LogP contribution is -2.27. The first kappa shape index (κ1) is 17.4. The number of rotatable bonds is 7. The third kappa shape index (κ3) is 5.30. The number of hydrogen-bond acceptors (Lipinski definition) is 5. The average Bonchev–Trinajstić information content (AvgIpc) is 2.60. The number of hydrogen-bond donors (Lipinski definition) is 2. The van der Waals surface area contributed by atoms with Gasteiger partial charge in [0.2, 0.25) is 0 Å². The van der Waals surface area contributed by atoms with Gasteiger partial charge >= 0.3 is 0 Å². The minimum atomic E-state index is -0.350. The van der Waals surface area contributed by atoms with Crippen molar-refractivity contribution in [2.24, 2.45) is 0 Å². The minimum Gasteiger partial charge on any atom is -0.487 e. The lowest BCUT2D eigenvalue weighted by atomic mass is 10.1. The molecule has 124 valence electrons. The van der Waals surface area contributed by atoms with Crippen LogP contribution in [-0.2, 0) is 14.3 Å². The van der Waals surface area contributed by atoms with Crippen molar-refractivity contribution in [2.75, 3.05) is 37.9 Å². The number of benzene rings is 1. The van der Waals surface area contributed by atoms with Crippen LogP contribution in [0, 0.1) is 0 Å². The average molecular weight is 336 g/mol. The van der Waals surface area contributed by atoms with Crippen LogP contribution in [0.25, 0.3) is 0 Å². The molecule has 0 atom stereocenters. The Labute approximate surface area is 139 Å². The zero-order valence-corrected chi connectivity index (χ0v) is 13.8. The number of ether oxygens (including phenoxy) is 2. The van der Waals surface area contributed by atoms with Crippen LogP contribution in [0.2, 0.25) is 0 Å². The van der Waals surface area contributed by atoms with Crippen LogP contribution in [0.1, 0.15) is 16.8 Å². The van der Waals surface area contributed by atoms with Gasteiger partial charge in [0.05, 0.1) is 17.9 Å². The summed E-state index contributed by atoms with van der Waals surface area (Å²) in [7, 11) is 1.62. The molecule has 1 heterocycles. The van der Waals surface area contributed by atoms with Crippen molar-refractivity contribution in [1.29, 1.82) is 0 Å². The normalized spacial score (nSPS) is 13.7. The second kappa shape index (κ2) is 9.22. The fourth-order valence-corrected chi connectivity index (χ4v) is 2.60. The van der Waals surface area contributed by atoms with Crippen LogP contribution in [0.4, 0.5) is 5.69 Å². The maximum absolute atomic E-state index is 12.2. The van der Waals surface area contributed by atoms with Crippen molar-refractivity contribution in [3.63, 3.8) is 0 Å². The van der Waals surface area contributed by atoms with Crippen molar-refractivity contribution in [2.45, 2.75) is 6.42 Å². The molecule has 0 aliphatic carbocycles. The van der Waals surface area contributed by atoms with E-state index < -0.39 is 0 Å². The molecule has 7 heteroatoms. The SMILES string of the molecule is COCCCNC(=O)c1ccccc1NC(=O)C1=CSCCO1. The summed E-state index contributed by atoms with van der Waals surface area (Å²) < 4.78 is 10.3. The van der Waals surface area contributed by atoms with E-state index in [2.05, 4.69) is 10.6 Å². The van der Waals surface area contributed by atoms with Crippen molar-refractivity contribution in [1.82, 2.24) is 5.32 Å². The van der Waals surface area contributed by atoms with E-state index in [9.17, 15) is 9.59 Å². The zero-order valence-electron chi connectivity index (χ0n) is 13.0. The summed E-state index contributed by atoms with van der Waals surface area (Å²) >= 11 is 1.53. The fraction of sp³-hybridized carbons (Fsp3) is 0.375. The smallest absolute Gasteiger partial charge is 0.291 e. The molecule has 23 heavy (non-hydrogen) atoms. The summed E-state index contributed by atoms with van der Waals surface area (Å²) in [6, 6.07) is 6.89. The van der Waals surface area contributed by atoms with E-state index in [1.807, 2.05) is 0 Å². The number of thioether (sulfide) groups is 1. The number of methoxy groups -OCH3 is 1. The molecule has 2 N–H and O–H groups in total. The molecule has 2 rings (SSSR count). The van der Waals surface area contributed by atoms with Gasteiger partial charge in [0, 0.05) is 31.4 Å². The van der Waals surface area contributed by atoms with Crippen molar-refractivity contribution in [3.8, 4) is 0 Å². The standard InChI is InChI=1S/C16H20N2O4S/c1-21-8-4-7-17-15(19)12-5-2-3-6-13(12)18-16(20)14-11-23-10-9-22-14/h2-3,5-6,11H,4,7-10H2,1H3,(H,17,19)(H,18,20). The van der Waals surface area contributed by atoms with Gasteiger partial charge in [-0.3, -0.25) is 9.59 Å². The zero-order chi connectivity index (χ0) is 16.5. The first-order valence-electron chi connectivity index (χ1n) is 7.34. The summed E-state index contributed by atoms with van der Waals surface area (Å²) in [5.41, 5.74) is 0.879. The van der Waals surface area contributed by atoms with E-state index in [0.29, 0.717) is 31.0 Å². The fourth-order valence-electron chi connectivity index (χ4n) is 1.98. The maximum atomic E-state index is 12.2. The van der Waals surface area contributed by atoms with Crippen molar-refractivity contribution in [3.05, 3.63) is 41.0 Å². The molecular weight excluding hydrogens is 316 g/mol. The Hall–Kier alpha value is -1.99. The highest BCUT2D eigenvalue weighted by Crippen LogP contribution is 2.19. The molecule has 6 nitrogen and oxygen atoms in total.